The van der Waals surface area contributed by atoms with Gasteiger partial charge in [-0.1, -0.05) is 6.07 Å². The van der Waals surface area contributed by atoms with Gasteiger partial charge in [-0.3, -0.25) is 14.5 Å². The van der Waals surface area contributed by atoms with Crippen molar-refractivity contribution in [3.8, 4) is 0 Å². The lowest BCUT2D eigenvalue weighted by Crippen LogP contribution is -2.44. The number of hydrogen-bond acceptors (Lipinski definition) is 3. The Bertz CT molecular complexity index is 1270. The van der Waals surface area contributed by atoms with Crippen LogP contribution in [0.15, 0.2) is 42.4 Å². The quantitative estimate of drug-likeness (QED) is 0.630. The number of carbonyl (C=O) groups excluding carboxylic acids is 2. The number of amides is 2. The second-order valence-corrected chi connectivity index (χ2v) is 6.46. The summed E-state index contributed by atoms with van der Waals surface area (Å²) >= 11 is 5.47. The van der Waals surface area contributed by atoms with Gasteiger partial charge >= 0.3 is 0 Å². The van der Waals surface area contributed by atoms with Crippen LogP contribution in [0.25, 0.3) is 4.85 Å². The van der Waals surface area contributed by atoms with Crippen LogP contribution >= 0.6 is 12.2 Å². The minimum Gasteiger partial charge on any atom is -0.355 e. The molecule has 0 radical (unpaired) electrons. The van der Waals surface area contributed by atoms with Gasteiger partial charge in [-0.2, -0.15) is 0 Å². The summed E-state index contributed by atoms with van der Waals surface area (Å²) in [6, 6.07) is 7.47. The van der Waals surface area contributed by atoms with Crippen molar-refractivity contribution in [2.24, 2.45) is 0 Å². The van der Waals surface area contributed by atoms with Crippen LogP contribution in [0, 0.1) is 13.5 Å². The third kappa shape index (κ3) is 3.02. The molecule has 28 heavy (non-hydrogen) atoms. The number of carbonyl (C=O) groups is 2. The van der Waals surface area contributed by atoms with E-state index in [1.54, 1.807) is 6.92 Å². The molecule has 1 aliphatic heterocycles. The molecule has 0 aliphatic carbocycles. The van der Waals surface area contributed by atoms with Crippen LogP contribution in [0.1, 0.15) is 39.2 Å². The first kappa shape index (κ1) is 12.3. The van der Waals surface area contributed by atoms with Crippen molar-refractivity contribution >= 4 is 46.2 Å². The van der Waals surface area contributed by atoms with Crippen molar-refractivity contribution < 1.29 is 19.2 Å². The third-order valence-corrected chi connectivity index (χ3v) is 4.68. The Labute approximate surface area is 179 Å². The molecule has 1 heterocycles. The molecule has 7 heteroatoms. The third-order valence-electron chi connectivity index (χ3n) is 4.32. The highest BCUT2D eigenvalue weighted by molar-refractivity contribution is 7.81. The smallest absolute Gasteiger partial charge is 0.259 e. The van der Waals surface area contributed by atoms with Gasteiger partial charge in [-0.05, 0) is 74.8 Å². The minimum atomic E-state index is -3.39. The first-order chi connectivity index (χ1) is 16.1. The van der Waals surface area contributed by atoms with Gasteiger partial charge in [-0.25, -0.2) is 4.85 Å². The summed E-state index contributed by atoms with van der Waals surface area (Å²) in [4.78, 5) is 30.7. The number of nitrogens with one attached hydrogen (secondary N) is 1. The first-order valence-electron chi connectivity index (χ1n) is 11.6. The normalized spacial score (nSPS) is 20.1. The van der Waals surface area contributed by atoms with Crippen LogP contribution < -0.4 is 15.1 Å². The van der Waals surface area contributed by atoms with Gasteiger partial charge in [0.05, 0.1) is 7.94 Å². The zero-order valence-electron chi connectivity index (χ0n) is 22.0. The highest BCUT2D eigenvalue weighted by atomic mass is 32.1. The van der Waals surface area contributed by atoms with Crippen LogP contribution in [-0.4, -0.2) is 29.5 Å². The molecule has 2 amide bonds. The lowest BCUT2D eigenvalue weighted by atomic mass is 10.0. The number of hydrogen-bond donors (Lipinski definition) is 1. The maximum atomic E-state index is 13.8. The fourth-order valence-corrected chi connectivity index (χ4v) is 3.29. The number of benzene rings is 2. The van der Waals surface area contributed by atoms with Gasteiger partial charge in [0.1, 0.15) is 5.54 Å². The second-order valence-electron chi connectivity index (χ2n) is 6.09. The lowest BCUT2D eigenvalue weighted by Gasteiger charge is -2.29. The first-order valence-corrected chi connectivity index (χ1v) is 8.54. The molecular formula is C21H20N4O2S. The number of aryl methyl sites for hydroxylation is 1. The summed E-state index contributed by atoms with van der Waals surface area (Å²) in [5.74, 6) is -1.86. The average molecular weight is 400 g/mol. The molecule has 0 spiro atoms. The molecule has 1 aliphatic rings. The molecule has 0 aromatic heterocycles. The van der Waals surface area contributed by atoms with E-state index in [4.69, 9.17) is 28.4 Å². The van der Waals surface area contributed by atoms with Crippen LogP contribution in [0.4, 0.5) is 17.1 Å². The van der Waals surface area contributed by atoms with Gasteiger partial charge in [0.2, 0.25) is 0 Å². The molecule has 0 atom stereocenters. The fourth-order valence-electron chi connectivity index (χ4n) is 2.86. The zero-order chi connectivity index (χ0) is 26.5. The monoisotopic (exact) mass is 399 g/mol. The van der Waals surface area contributed by atoms with E-state index in [0.29, 0.717) is 11.3 Å². The molecule has 1 fully saturated rings. The fraction of sp³-hybridized carbons (Fsp3) is 0.238. The number of anilines is 2. The maximum Gasteiger partial charge on any atom is 0.259 e. The largest absolute Gasteiger partial charge is 0.355 e. The van der Waals surface area contributed by atoms with Gasteiger partial charge in [0, 0.05) is 32.2 Å². The Balaban J connectivity index is 2.34. The molecule has 0 bridgehead atoms. The molecule has 142 valence electrons. The van der Waals surface area contributed by atoms with E-state index in [-0.39, 0.29) is 23.0 Å². The molecule has 0 saturated carbocycles. The number of rotatable bonds is 3. The molecular weight excluding hydrogens is 372 g/mol. The molecule has 1 N–H and O–H groups in total. The number of thiocarbonyl (C=S) groups is 1. The Kier molecular flexibility index (Phi) is 3.09. The highest BCUT2D eigenvalue weighted by Gasteiger charge is 2.50. The summed E-state index contributed by atoms with van der Waals surface area (Å²) in [6.45, 7) is 2.05. The van der Waals surface area contributed by atoms with E-state index in [1.165, 1.54) is 37.4 Å². The standard InChI is InChI=1S/C21H20N4O2S/c1-13-12-16(10-11-17(13)22-4)24-19(27)21(2,3)25(20(24)28)15-8-6-14(7-9-15)18(26)23-5/h6-12H,1-3,5H3,(H,23,26)/i2D3,3D3,6D. The summed E-state index contributed by atoms with van der Waals surface area (Å²) in [6.07, 6.45) is 0. The van der Waals surface area contributed by atoms with E-state index in [0.717, 1.165) is 15.9 Å². The Morgan fingerprint density at radius 1 is 1.29 bits per heavy atom. The van der Waals surface area contributed by atoms with Crippen LogP contribution in [0.5, 0.6) is 0 Å². The van der Waals surface area contributed by atoms with E-state index < -0.39 is 36.2 Å². The molecule has 0 unspecified atom stereocenters. The molecule has 1 saturated heterocycles. The van der Waals surface area contributed by atoms with Crippen molar-refractivity contribution in [1.82, 2.24) is 5.32 Å². The summed E-state index contributed by atoms with van der Waals surface area (Å²) in [5.41, 5.74) is -2.43. The van der Waals surface area contributed by atoms with Gasteiger partial charge in [-0.15, -0.1) is 0 Å². The molecule has 2 aromatic rings. The highest BCUT2D eigenvalue weighted by Crippen LogP contribution is 2.37. The van der Waals surface area contributed by atoms with Gasteiger partial charge < -0.3 is 10.2 Å². The molecule has 2 aromatic carbocycles. The Morgan fingerprint density at radius 2 is 2.00 bits per heavy atom. The summed E-state index contributed by atoms with van der Waals surface area (Å²) < 4.78 is 57.2. The topological polar surface area (TPSA) is 57.0 Å². The van der Waals surface area contributed by atoms with E-state index in [2.05, 4.69) is 10.2 Å². The molecule has 3 rings (SSSR count). The van der Waals surface area contributed by atoms with Crippen molar-refractivity contribution in [2.45, 2.75) is 26.2 Å². The van der Waals surface area contributed by atoms with Gasteiger partial charge in [0.15, 0.2) is 10.8 Å². The predicted octanol–water partition coefficient (Wildman–Crippen LogP) is 3.82. The van der Waals surface area contributed by atoms with Gasteiger partial charge in [0.25, 0.3) is 11.8 Å². The SMILES string of the molecule is [2H]c1cc(N2C(=S)N(c3ccc([N+]#[C-])c(C)c3)C(=O)C2(C([2H])([2H])[2H])C([2H])([2H])[2H])ccc1C(=O)NC. The summed E-state index contributed by atoms with van der Waals surface area (Å²) in [5, 5.41) is 1.95. The van der Waals surface area contributed by atoms with Crippen LogP contribution in [0.2, 0.25) is 0 Å². The van der Waals surface area contributed by atoms with Crippen LogP contribution in [-0.2, 0) is 4.79 Å². The lowest BCUT2D eigenvalue weighted by molar-refractivity contribution is -0.120. The zero-order valence-corrected chi connectivity index (χ0v) is 15.8. The Morgan fingerprint density at radius 3 is 2.57 bits per heavy atom. The van der Waals surface area contributed by atoms with Crippen LogP contribution in [0.3, 0.4) is 0 Å². The molecule has 6 nitrogen and oxygen atoms in total. The average Bonchev–Trinajstić information content (AvgIpc) is 3.00. The van der Waals surface area contributed by atoms with Crippen molar-refractivity contribution in [3.63, 3.8) is 0 Å². The Hall–Kier alpha value is -3.24. The van der Waals surface area contributed by atoms with E-state index >= 15 is 0 Å². The van der Waals surface area contributed by atoms with E-state index in [1.807, 2.05) is 0 Å². The number of nitrogens with zero attached hydrogens (tertiary/aromatic N) is 3. The minimum absolute atomic E-state index is 0.0386. The summed E-state index contributed by atoms with van der Waals surface area (Å²) in [7, 11) is 1.37. The predicted molar refractivity (Wildman–Crippen MR) is 114 cm³/mol. The maximum absolute atomic E-state index is 13.8. The van der Waals surface area contributed by atoms with Crippen molar-refractivity contribution in [1.29, 1.82) is 0 Å². The van der Waals surface area contributed by atoms with Crippen molar-refractivity contribution in [2.75, 3.05) is 16.8 Å². The van der Waals surface area contributed by atoms with Crippen molar-refractivity contribution in [3.05, 3.63) is 65.0 Å². The van der Waals surface area contributed by atoms with E-state index in [9.17, 15) is 9.59 Å². The second kappa shape index (κ2) is 7.06.